The van der Waals surface area contributed by atoms with Gasteiger partial charge in [0.15, 0.2) is 0 Å². The van der Waals surface area contributed by atoms with Gasteiger partial charge in [0.25, 0.3) is 0 Å². The lowest BCUT2D eigenvalue weighted by Gasteiger charge is -2.43. The van der Waals surface area contributed by atoms with Crippen molar-refractivity contribution in [1.29, 1.82) is 0 Å². The number of piperidine rings is 1. The number of ether oxygens (including phenoxy) is 1. The van der Waals surface area contributed by atoms with E-state index in [0.29, 0.717) is 12.5 Å². The molecule has 4 heteroatoms. The van der Waals surface area contributed by atoms with Crippen molar-refractivity contribution in [3.63, 3.8) is 0 Å². The van der Waals surface area contributed by atoms with E-state index in [-0.39, 0.29) is 11.9 Å². The molecule has 2 aliphatic rings. The minimum atomic E-state index is -0.141. The lowest BCUT2D eigenvalue weighted by molar-refractivity contribution is -0.141. The highest BCUT2D eigenvalue weighted by Gasteiger charge is 2.37. The number of H-pyrrole nitrogens is 1. The summed E-state index contributed by atoms with van der Waals surface area (Å²) in [6, 6.07) is 8.88. The van der Waals surface area contributed by atoms with E-state index in [9.17, 15) is 4.79 Å². The van der Waals surface area contributed by atoms with E-state index in [2.05, 4.69) is 40.7 Å². The number of nitrogens with one attached hydrogen (secondary N) is 1. The maximum absolute atomic E-state index is 11.7. The molecule has 3 heterocycles. The van der Waals surface area contributed by atoms with Crippen LogP contribution in [0.2, 0.25) is 0 Å². The summed E-state index contributed by atoms with van der Waals surface area (Å²) in [5.74, 6) is 0.0679. The second-order valence-corrected chi connectivity index (χ2v) is 6.67. The second-order valence-electron chi connectivity index (χ2n) is 6.67. The average Bonchev–Trinajstić information content (AvgIpc) is 2.94. The van der Waals surface area contributed by atoms with E-state index in [1.807, 2.05) is 0 Å². The smallest absolute Gasteiger partial charge is 0.306 e. The molecule has 2 aliphatic heterocycles. The first kappa shape index (κ1) is 14.5. The minimum absolute atomic E-state index is 0.141. The Hall–Kier alpha value is -2.07. The largest absolute Gasteiger partial charge is 0.469 e. The highest BCUT2D eigenvalue weighted by molar-refractivity contribution is 5.85. The number of para-hydroxylation sites is 1. The molecule has 4 nitrogen and oxygen atoms in total. The van der Waals surface area contributed by atoms with Crippen molar-refractivity contribution in [2.24, 2.45) is 5.92 Å². The maximum atomic E-state index is 11.7. The van der Waals surface area contributed by atoms with Gasteiger partial charge >= 0.3 is 5.97 Å². The number of carbonyl (C=O) groups excluding carboxylic acids is 1. The number of hydrogen-bond donors (Lipinski definition) is 1. The van der Waals surface area contributed by atoms with Crippen LogP contribution in [0, 0.1) is 5.92 Å². The molecule has 23 heavy (non-hydrogen) atoms. The summed E-state index contributed by atoms with van der Waals surface area (Å²) in [7, 11) is 1.45. The molecule has 0 aliphatic carbocycles. The third-order valence-electron chi connectivity index (χ3n) is 5.40. The summed E-state index contributed by atoms with van der Waals surface area (Å²) in [6.45, 7) is 6.15. The van der Waals surface area contributed by atoms with Crippen molar-refractivity contribution in [3.8, 4) is 0 Å². The zero-order chi connectivity index (χ0) is 16.0. The Balaban J connectivity index is 1.68. The van der Waals surface area contributed by atoms with Gasteiger partial charge in [0.05, 0.1) is 19.6 Å². The summed E-state index contributed by atoms with van der Waals surface area (Å²) in [6.07, 6.45) is 2.45. The molecule has 0 amide bonds. The highest BCUT2D eigenvalue weighted by atomic mass is 16.5. The predicted octanol–water partition coefficient (Wildman–Crippen LogP) is 3.21. The van der Waals surface area contributed by atoms with Crippen molar-refractivity contribution in [2.45, 2.75) is 25.3 Å². The standard InChI is InChI=1S/C19H22N2O2/c1-12-11-21-8-7-15-14-5-3-4-6-16(14)20-19(15)17(21)9-13(12)10-18(22)23-2/h3-6,13,17,20H,1,7-11H2,2H3/t13-,17-/m0/s1. The molecule has 0 unspecified atom stereocenters. The number of aromatic amines is 1. The molecule has 0 radical (unpaired) electrons. The van der Waals surface area contributed by atoms with Crippen LogP contribution in [0.5, 0.6) is 0 Å². The average molecular weight is 310 g/mol. The van der Waals surface area contributed by atoms with Crippen LogP contribution in [0.15, 0.2) is 36.4 Å². The van der Waals surface area contributed by atoms with Crippen LogP contribution in [-0.4, -0.2) is 36.1 Å². The van der Waals surface area contributed by atoms with Crippen LogP contribution in [0.3, 0.4) is 0 Å². The quantitative estimate of drug-likeness (QED) is 0.684. The van der Waals surface area contributed by atoms with Crippen molar-refractivity contribution in [1.82, 2.24) is 9.88 Å². The SMILES string of the molecule is C=C1CN2CCc3c([nH]c4ccccc34)[C@@H]2C[C@H]1CC(=O)OC. The monoisotopic (exact) mass is 310 g/mol. The van der Waals surface area contributed by atoms with Crippen LogP contribution < -0.4 is 0 Å². The maximum Gasteiger partial charge on any atom is 0.306 e. The Labute approximate surface area is 136 Å². The lowest BCUT2D eigenvalue weighted by atomic mass is 9.81. The summed E-state index contributed by atoms with van der Waals surface area (Å²) in [5, 5.41) is 1.34. The molecule has 4 rings (SSSR count). The first-order chi connectivity index (χ1) is 11.2. The summed E-state index contributed by atoms with van der Waals surface area (Å²) >= 11 is 0. The van der Waals surface area contributed by atoms with Gasteiger partial charge in [-0.15, -0.1) is 0 Å². The van der Waals surface area contributed by atoms with Gasteiger partial charge in [0.1, 0.15) is 0 Å². The molecule has 1 saturated heterocycles. The molecule has 1 aromatic heterocycles. The number of fused-ring (bicyclic) bond motifs is 5. The van der Waals surface area contributed by atoms with Crippen LogP contribution in [0.4, 0.5) is 0 Å². The number of hydrogen-bond acceptors (Lipinski definition) is 3. The molecular weight excluding hydrogens is 288 g/mol. The Morgan fingerprint density at radius 3 is 3.09 bits per heavy atom. The first-order valence-corrected chi connectivity index (χ1v) is 8.25. The van der Waals surface area contributed by atoms with E-state index >= 15 is 0 Å². The third-order valence-corrected chi connectivity index (χ3v) is 5.40. The summed E-state index contributed by atoms with van der Waals surface area (Å²) < 4.78 is 4.85. The van der Waals surface area contributed by atoms with Gasteiger partial charge in [-0.3, -0.25) is 9.69 Å². The molecular formula is C19H22N2O2. The van der Waals surface area contributed by atoms with E-state index in [4.69, 9.17) is 4.74 Å². The first-order valence-electron chi connectivity index (χ1n) is 8.25. The van der Waals surface area contributed by atoms with Gasteiger partial charge in [-0.05, 0) is 30.4 Å². The lowest BCUT2D eigenvalue weighted by Crippen LogP contribution is -2.42. The van der Waals surface area contributed by atoms with Crippen LogP contribution >= 0.6 is 0 Å². The normalized spacial score (nSPS) is 24.3. The summed E-state index contributed by atoms with van der Waals surface area (Å²) in [5.41, 5.74) is 5.16. The van der Waals surface area contributed by atoms with Crippen molar-refractivity contribution in [2.75, 3.05) is 20.2 Å². The van der Waals surface area contributed by atoms with E-state index in [1.54, 1.807) is 0 Å². The number of carbonyl (C=O) groups is 1. The van der Waals surface area contributed by atoms with E-state index in [0.717, 1.165) is 31.5 Å². The van der Waals surface area contributed by atoms with Crippen LogP contribution in [-0.2, 0) is 16.0 Å². The van der Waals surface area contributed by atoms with Gasteiger partial charge in [-0.25, -0.2) is 0 Å². The van der Waals surface area contributed by atoms with Crippen LogP contribution in [0.25, 0.3) is 10.9 Å². The molecule has 1 N–H and O–H groups in total. The molecule has 0 bridgehead atoms. The fourth-order valence-electron chi connectivity index (χ4n) is 4.16. The number of esters is 1. The number of aromatic nitrogens is 1. The fourth-order valence-corrected chi connectivity index (χ4v) is 4.16. The number of rotatable bonds is 2. The zero-order valence-corrected chi connectivity index (χ0v) is 13.5. The predicted molar refractivity (Wildman–Crippen MR) is 90.2 cm³/mol. The second kappa shape index (κ2) is 5.53. The van der Waals surface area contributed by atoms with Crippen molar-refractivity contribution >= 4 is 16.9 Å². The van der Waals surface area contributed by atoms with Crippen molar-refractivity contribution < 1.29 is 9.53 Å². The van der Waals surface area contributed by atoms with Crippen molar-refractivity contribution in [3.05, 3.63) is 47.7 Å². The van der Waals surface area contributed by atoms with Gasteiger partial charge in [-0.2, -0.15) is 0 Å². The Kier molecular flexibility index (Phi) is 3.49. The number of benzene rings is 1. The molecule has 1 aromatic carbocycles. The van der Waals surface area contributed by atoms with Gasteiger partial charge < -0.3 is 9.72 Å². The topological polar surface area (TPSA) is 45.3 Å². The Morgan fingerprint density at radius 2 is 2.26 bits per heavy atom. The van der Waals surface area contributed by atoms with E-state index < -0.39 is 0 Å². The molecule has 0 saturated carbocycles. The van der Waals surface area contributed by atoms with Gasteiger partial charge in [0.2, 0.25) is 0 Å². The van der Waals surface area contributed by atoms with Gasteiger partial charge in [-0.1, -0.05) is 30.4 Å². The fraction of sp³-hybridized carbons (Fsp3) is 0.421. The summed E-state index contributed by atoms with van der Waals surface area (Å²) in [4.78, 5) is 17.8. The molecule has 2 aromatic rings. The van der Waals surface area contributed by atoms with Crippen LogP contribution in [0.1, 0.15) is 30.1 Å². The minimum Gasteiger partial charge on any atom is -0.469 e. The number of nitrogens with zero attached hydrogens (tertiary/aromatic N) is 1. The highest BCUT2D eigenvalue weighted by Crippen LogP contribution is 2.43. The Bertz CT molecular complexity index is 777. The van der Waals surface area contributed by atoms with E-state index in [1.165, 1.54) is 29.3 Å². The number of methoxy groups -OCH3 is 1. The molecule has 2 atom stereocenters. The molecule has 120 valence electrons. The molecule has 0 spiro atoms. The zero-order valence-electron chi connectivity index (χ0n) is 13.5. The third kappa shape index (κ3) is 2.38. The molecule has 1 fully saturated rings. The Morgan fingerprint density at radius 1 is 1.43 bits per heavy atom. The van der Waals surface area contributed by atoms with Gasteiger partial charge in [0, 0.05) is 29.7 Å².